The molecule has 45 heavy (non-hydrogen) atoms. The van der Waals surface area contributed by atoms with Crippen LogP contribution in [0.1, 0.15) is 24.0 Å². The number of amides is 2. The summed E-state index contributed by atoms with van der Waals surface area (Å²) < 4.78 is 32.1. The van der Waals surface area contributed by atoms with Gasteiger partial charge < -0.3 is 34.6 Å². The van der Waals surface area contributed by atoms with Gasteiger partial charge in [-0.2, -0.15) is 0 Å². The van der Waals surface area contributed by atoms with E-state index in [0.29, 0.717) is 58.5 Å². The molecular formula is C34H36ClFN4O5. The molecule has 3 aliphatic rings. The van der Waals surface area contributed by atoms with Crippen LogP contribution in [0, 0.1) is 12.7 Å². The molecule has 0 saturated carbocycles. The summed E-state index contributed by atoms with van der Waals surface area (Å²) in [5.74, 6) is -0.876. The van der Waals surface area contributed by atoms with Gasteiger partial charge in [0.05, 0.1) is 12.1 Å². The lowest BCUT2D eigenvalue weighted by Crippen LogP contribution is -2.34. The molecule has 6 rings (SSSR count). The minimum atomic E-state index is -0.519. The van der Waals surface area contributed by atoms with Crippen LogP contribution in [0.3, 0.4) is 0 Å². The summed E-state index contributed by atoms with van der Waals surface area (Å²) in [5.41, 5.74) is 4.51. The van der Waals surface area contributed by atoms with Crippen LogP contribution in [-0.4, -0.2) is 74.5 Å². The third kappa shape index (κ3) is 6.15. The highest BCUT2D eigenvalue weighted by molar-refractivity contribution is 6.36. The Bertz CT molecular complexity index is 1670. The average molecular weight is 635 g/mol. The van der Waals surface area contributed by atoms with E-state index in [9.17, 15) is 9.59 Å². The van der Waals surface area contributed by atoms with E-state index < -0.39 is 11.8 Å². The van der Waals surface area contributed by atoms with Gasteiger partial charge in [0.25, 0.3) is 11.8 Å². The maximum absolute atomic E-state index is 15.5. The van der Waals surface area contributed by atoms with E-state index in [1.54, 1.807) is 31.1 Å². The summed E-state index contributed by atoms with van der Waals surface area (Å²) in [6.07, 6.45) is 2.65. The second-order valence-electron chi connectivity index (χ2n) is 11.5. The Morgan fingerprint density at radius 3 is 2.53 bits per heavy atom. The SMILES string of the molecule is COc1cc(-c2cccc(-c3cccc(NC(=O)C4=CN(C)C5OC5N(C)C4=O)c3C)c2Cl)cc(F)c1CNC1CCOCC1. The Kier molecular flexibility index (Phi) is 8.83. The number of ether oxygens (including phenoxy) is 3. The van der Waals surface area contributed by atoms with E-state index in [2.05, 4.69) is 10.6 Å². The molecule has 2 amide bonds. The first-order chi connectivity index (χ1) is 21.7. The van der Waals surface area contributed by atoms with Crippen molar-refractivity contribution in [2.24, 2.45) is 0 Å². The van der Waals surface area contributed by atoms with E-state index in [1.165, 1.54) is 24.3 Å². The number of benzene rings is 3. The average Bonchev–Trinajstić information content (AvgIpc) is 3.85. The number of hydrogen-bond acceptors (Lipinski definition) is 7. The van der Waals surface area contributed by atoms with Crippen LogP contribution in [0.4, 0.5) is 10.1 Å². The van der Waals surface area contributed by atoms with Crippen LogP contribution >= 0.6 is 11.6 Å². The fourth-order valence-electron chi connectivity index (χ4n) is 5.95. The lowest BCUT2D eigenvalue weighted by molar-refractivity contribution is -0.129. The molecule has 0 bridgehead atoms. The standard InChI is InChI=1S/C34H36ClFN4O5/c1-19-22(7-6-10-28(19)38-31(41)26-18-39(2)33-34(45-33)40(3)32(26)42)24-9-5-8-23(30(24)35)20-15-27(36)25(29(16-20)43-4)17-37-21-11-13-44-14-12-21/h5-10,15-16,18,21,33-34,37H,11-14,17H2,1-4H3,(H,38,41). The minimum absolute atomic E-state index is 0.0167. The highest BCUT2D eigenvalue weighted by Gasteiger charge is 2.50. The minimum Gasteiger partial charge on any atom is -0.496 e. The molecule has 0 aromatic heterocycles. The number of hydrogen-bond donors (Lipinski definition) is 2. The van der Waals surface area contributed by atoms with Crippen molar-refractivity contribution < 1.29 is 28.2 Å². The second kappa shape index (κ2) is 12.8. The van der Waals surface area contributed by atoms with Crippen molar-refractivity contribution in [3.05, 3.63) is 82.3 Å². The Morgan fingerprint density at radius 2 is 1.78 bits per heavy atom. The van der Waals surface area contributed by atoms with Crippen molar-refractivity contribution in [2.75, 3.05) is 39.7 Å². The van der Waals surface area contributed by atoms with Gasteiger partial charge in [0.1, 0.15) is 17.1 Å². The molecule has 3 heterocycles. The Hall–Kier alpha value is -3.96. The maximum atomic E-state index is 15.5. The first kappa shape index (κ1) is 31.0. The zero-order valence-corrected chi connectivity index (χ0v) is 26.4. The zero-order chi connectivity index (χ0) is 31.8. The van der Waals surface area contributed by atoms with Crippen molar-refractivity contribution in [3.8, 4) is 28.0 Å². The highest BCUT2D eigenvalue weighted by Crippen LogP contribution is 2.41. The largest absolute Gasteiger partial charge is 0.496 e. The van der Waals surface area contributed by atoms with Crippen molar-refractivity contribution in [3.63, 3.8) is 0 Å². The molecule has 2 N–H and O–H groups in total. The molecule has 9 nitrogen and oxygen atoms in total. The van der Waals surface area contributed by atoms with Gasteiger partial charge >= 0.3 is 0 Å². The predicted octanol–water partition coefficient (Wildman–Crippen LogP) is 5.31. The van der Waals surface area contributed by atoms with Gasteiger partial charge in [-0.15, -0.1) is 0 Å². The molecule has 0 radical (unpaired) electrons. The summed E-state index contributed by atoms with van der Waals surface area (Å²) in [7, 11) is 4.92. The Morgan fingerprint density at radius 1 is 1.07 bits per heavy atom. The molecular weight excluding hydrogens is 599 g/mol. The second-order valence-corrected chi connectivity index (χ2v) is 11.9. The fraction of sp³-hybridized carbons (Fsp3) is 0.353. The van der Waals surface area contributed by atoms with Crippen molar-refractivity contribution in [1.29, 1.82) is 0 Å². The van der Waals surface area contributed by atoms with Gasteiger partial charge in [0.2, 0.25) is 0 Å². The monoisotopic (exact) mass is 634 g/mol. The number of epoxide rings is 1. The van der Waals surface area contributed by atoms with E-state index in [-0.39, 0.29) is 29.9 Å². The van der Waals surface area contributed by atoms with Crippen LogP contribution < -0.4 is 15.4 Å². The number of nitrogens with zero attached hydrogens (tertiary/aromatic N) is 2. The van der Waals surface area contributed by atoms with Crippen LogP contribution in [-0.2, 0) is 25.6 Å². The zero-order valence-electron chi connectivity index (χ0n) is 25.7. The molecule has 2 saturated heterocycles. The number of likely N-dealkylation sites (N-methyl/N-ethyl adjacent to an activating group) is 2. The lowest BCUT2D eigenvalue weighted by atomic mass is 9.94. The Labute approximate surface area is 266 Å². The number of halogens is 2. The number of nitrogens with one attached hydrogen (secondary N) is 2. The van der Waals surface area contributed by atoms with E-state index in [4.69, 9.17) is 25.8 Å². The van der Waals surface area contributed by atoms with Crippen LogP contribution in [0.25, 0.3) is 22.3 Å². The smallest absolute Gasteiger partial charge is 0.262 e. The van der Waals surface area contributed by atoms with Crippen molar-refractivity contribution >= 4 is 29.1 Å². The number of carbonyl (C=O) groups excluding carboxylic acids is 2. The van der Waals surface area contributed by atoms with Gasteiger partial charge in [-0.05, 0) is 54.7 Å². The first-order valence-electron chi connectivity index (χ1n) is 14.9. The van der Waals surface area contributed by atoms with E-state index in [1.807, 2.05) is 37.3 Å². The van der Waals surface area contributed by atoms with Gasteiger partial charge in [-0.25, -0.2) is 4.39 Å². The highest BCUT2D eigenvalue weighted by atomic mass is 35.5. The molecule has 2 unspecified atom stereocenters. The summed E-state index contributed by atoms with van der Waals surface area (Å²) in [6, 6.07) is 14.6. The van der Waals surface area contributed by atoms with E-state index in [0.717, 1.165) is 24.0 Å². The molecule has 2 fully saturated rings. The Balaban J connectivity index is 1.26. The molecule has 0 aliphatic carbocycles. The molecule has 3 aromatic carbocycles. The summed E-state index contributed by atoms with van der Waals surface area (Å²) >= 11 is 7.02. The number of anilines is 1. The number of carbonyl (C=O) groups is 2. The summed E-state index contributed by atoms with van der Waals surface area (Å²) in [6.45, 7) is 3.61. The number of methoxy groups -OCH3 is 1. The third-order valence-electron chi connectivity index (χ3n) is 8.70. The summed E-state index contributed by atoms with van der Waals surface area (Å²) in [4.78, 5) is 29.5. The lowest BCUT2D eigenvalue weighted by Gasteiger charge is -2.24. The first-order valence-corrected chi connectivity index (χ1v) is 15.3. The van der Waals surface area contributed by atoms with Crippen molar-refractivity contribution in [1.82, 2.24) is 15.1 Å². The molecule has 236 valence electrons. The summed E-state index contributed by atoms with van der Waals surface area (Å²) in [5, 5.41) is 6.76. The molecule has 2 atom stereocenters. The van der Waals surface area contributed by atoms with Gasteiger partial charge in [0, 0.05) is 68.5 Å². The van der Waals surface area contributed by atoms with Gasteiger partial charge in [0.15, 0.2) is 12.5 Å². The van der Waals surface area contributed by atoms with Crippen molar-refractivity contribution in [2.45, 2.75) is 44.8 Å². The molecule has 3 aliphatic heterocycles. The van der Waals surface area contributed by atoms with Crippen LogP contribution in [0.15, 0.2) is 60.3 Å². The topological polar surface area (TPSA) is 95.7 Å². The van der Waals surface area contributed by atoms with Gasteiger partial charge in [-0.1, -0.05) is 41.9 Å². The van der Waals surface area contributed by atoms with E-state index >= 15 is 4.39 Å². The van der Waals surface area contributed by atoms with Crippen LogP contribution in [0.5, 0.6) is 5.75 Å². The quantitative estimate of drug-likeness (QED) is 0.256. The molecule has 0 spiro atoms. The predicted molar refractivity (Wildman–Crippen MR) is 170 cm³/mol. The molecule has 11 heteroatoms. The third-order valence-corrected chi connectivity index (χ3v) is 9.11. The van der Waals surface area contributed by atoms with Gasteiger partial charge in [-0.3, -0.25) is 9.59 Å². The number of rotatable bonds is 8. The number of fused-ring (bicyclic) bond motifs is 1. The fourth-order valence-corrected chi connectivity index (χ4v) is 6.29. The normalized spacial score (nSPS) is 20.0. The maximum Gasteiger partial charge on any atom is 0.262 e. The molecule has 3 aromatic rings. The van der Waals surface area contributed by atoms with Crippen LogP contribution in [0.2, 0.25) is 5.02 Å².